The average Bonchev–Trinajstić information content (AvgIpc) is 2.61. The summed E-state index contributed by atoms with van der Waals surface area (Å²) in [4.78, 5) is 19.3. The van der Waals surface area contributed by atoms with Crippen molar-refractivity contribution in [2.75, 3.05) is 18.5 Å². The Morgan fingerprint density at radius 3 is 2.79 bits per heavy atom. The summed E-state index contributed by atoms with van der Waals surface area (Å²) < 4.78 is 5.99. The molecule has 1 saturated heterocycles. The number of nitrogens with zero attached hydrogens (tertiary/aromatic N) is 3. The van der Waals surface area contributed by atoms with Gasteiger partial charge in [0.1, 0.15) is 16.5 Å². The minimum atomic E-state index is -0.429. The zero-order chi connectivity index (χ0) is 16.9. The van der Waals surface area contributed by atoms with Crippen LogP contribution in [0.25, 0.3) is 0 Å². The Balaban J connectivity index is 1.95. The fraction of sp³-hybridized carbons (Fsp3) is 0.375. The van der Waals surface area contributed by atoms with Crippen molar-refractivity contribution in [1.82, 2.24) is 9.97 Å². The molecule has 0 amide bonds. The Kier molecular flexibility index (Phi) is 5.37. The van der Waals surface area contributed by atoms with E-state index < -0.39 is 4.92 Å². The van der Waals surface area contributed by atoms with Crippen molar-refractivity contribution in [3.8, 4) is 0 Å². The van der Waals surface area contributed by atoms with E-state index in [1.165, 1.54) is 6.20 Å². The van der Waals surface area contributed by atoms with Crippen LogP contribution < -0.4 is 5.32 Å². The van der Waals surface area contributed by atoms with Crippen molar-refractivity contribution in [1.29, 1.82) is 0 Å². The maximum Gasteiger partial charge on any atom is 0.310 e. The predicted octanol–water partition coefficient (Wildman–Crippen LogP) is 3.73. The molecule has 0 aliphatic carbocycles. The molecule has 3 rings (SSSR count). The highest BCUT2D eigenvalue weighted by Crippen LogP contribution is 2.35. The number of pyridine rings is 2. The maximum absolute atomic E-state index is 11.3. The van der Waals surface area contributed by atoms with Crippen LogP contribution in [0.4, 0.5) is 11.4 Å². The molecule has 0 radical (unpaired) electrons. The molecule has 3 heterocycles. The first kappa shape index (κ1) is 16.8. The average molecular weight is 393 g/mol. The number of nitro groups is 1. The van der Waals surface area contributed by atoms with E-state index in [1.54, 1.807) is 12.3 Å². The molecule has 2 aromatic rings. The van der Waals surface area contributed by atoms with Gasteiger partial charge in [0.25, 0.3) is 0 Å². The molecule has 126 valence electrons. The number of rotatable bonds is 5. The van der Waals surface area contributed by atoms with Gasteiger partial charge in [0, 0.05) is 25.5 Å². The molecule has 1 fully saturated rings. The highest BCUT2D eigenvalue weighted by molar-refractivity contribution is 9.10. The van der Waals surface area contributed by atoms with Gasteiger partial charge in [0.2, 0.25) is 0 Å². The third kappa shape index (κ3) is 3.88. The second-order valence-electron chi connectivity index (χ2n) is 5.61. The lowest BCUT2D eigenvalue weighted by Crippen LogP contribution is -2.28. The molecule has 0 aromatic carbocycles. The number of halogens is 1. The molecule has 1 unspecified atom stereocenters. The molecule has 0 saturated carbocycles. The lowest BCUT2D eigenvalue weighted by Gasteiger charge is -2.31. The van der Waals surface area contributed by atoms with Crippen LogP contribution in [0.1, 0.15) is 24.6 Å². The van der Waals surface area contributed by atoms with E-state index >= 15 is 0 Å². The fourth-order valence-corrected chi connectivity index (χ4v) is 3.22. The molecule has 7 nitrogen and oxygen atoms in total. The number of nitrogens with one attached hydrogen (secondary N) is 1. The van der Waals surface area contributed by atoms with Gasteiger partial charge in [-0.3, -0.25) is 15.1 Å². The standard InChI is InChI=1S/C16H17BrN4O3/c17-15-9-13(14(10-19-15)21(22)23)20-16(11-4-7-24-8-5-11)12-3-1-2-6-18-12/h1-3,6,9-11,16H,4-5,7-8H2,(H,19,20). The van der Waals surface area contributed by atoms with Gasteiger partial charge in [0.15, 0.2) is 0 Å². The smallest absolute Gasteiger partial charge is 0.310 e. The van der Waals surface area contributed by atoms with Crippen LogP contribution >= 0.6 is 15.9 Å². The van der Waals surface area contributed by atoms with Crippen LogP contribution in [-0.2, 0) is 4.74 Å². The van der Waals surface area contributed by atoms with Crippen LogP contribution in [0.3, 0.4) is 0 Å². The first-order valence-corrected chi connectivity index (χ1v) is 8.49. The summed E-state index contributed by atoms with van der Waals surface area (Å²) in [6.07, 6.45) is 4.76. The Labute approximate surface area is 147 Å². The lowest BCUT2D eigenvalue weighted by atomic mass is 9.89. The van der Waals surface area contributed by atoms with Crippen molar-refractivity contribution in [2.45, 2.75) is 18.9 Å². The molecular weight excluding hydrogens is 376 g/mol. The van der Waals surface area contributed by atoms with E-state index in [1.807, 2.05) is 18.2 Å². The fourth-order valence-electron chi connectivity index (χ4n) is 2.89. The van der Waals surface area contributed by atoms with Crippen LogP contribution in [0.15, 0.2) is 41.3 Å². The maximum atomic E-state index is 11.3. The molecule has 1 atom stereocenters. The Bertz CT molecular complexity index is 708. The number of anilines is 1. The summed E-state index contributed by atoms with van der Waals surface area (Å²) in [5, 5.41) is 14.6. The topological polar surface area (TPSA) is 90.2 Å². The van der Waals surface area contributed by atoms with Crippen LogP contribution in [0.2, 0.25) is 0 Å². The second kappa shape index (κ2) is 7.67. The van der Waals surface area contributed by atoms with Gasteiger partial charge in [-0.25, -0.2) is 4.98 Å². The van der Waals surface area contributed by atoms with Crippen molar-refractivity contribution in [2.24, 2.45) is 5.92 Å². The van der Waals surface area contributed by atoms with E-state index in [0.29, 0.717) is 29.4 Å². The lowest BCUT2D eigenvalue weighted by molar-refractivity contribution is -0.384. The highest BCUT2D eigenvalue weighted by Gasteiger charge is 2.28. The molecule has 1 aliphatic heterocycles. The molecule has 1 aliphatic rings. The molecule has 8 heteroatoms. The van der Waals surface area contributed by atoms with Crippen molar-refractivity contribution >= 4 is 27.3 Å². The minimum absolute atomic E-state index is 0.0498. The van der Waals surface area contributed by atoms with Crippen LogP contribution in [0, 0.1) is 16.0 Å². The molecular formula is C16H17BrN4O3. The first-order valence-electron chi connectivity index (χ1n) is 7.70. The summed E-state index contributed by atoms with van der Waals surface area (Å²) in [5.74, 6) is 0.292. The zero-order valence-electron chi connectivity index (χ0n) is 12.9. The van der Waals surface area contributed by atoms with Gasteiger partial charge in [-0.15, -0.1) is 0 Å². The highest BCUT2D eigenvalue weighted by atomic mass is 79.9. The molecule has 24 heavy (non-hydrogen) atoms. The van der Waals surface area contributed by atoms with Crippen LogP contribution in [0.5, 0.6) is 0 Å². The van der Waals surface area contributed by atoms with Gasteiger partial charge in [0.05, 0.1) is 16.7 Å². The third-order valence-corrected chi connectivity index (χ3v) is 4.53. The summed E-state index contributed by atoms with van der Waals surface area (Å²) >= 11 is 3.28. The molecule has 0 spiro atoms. The minimum Gasteiger partial charge on any atom is -0.381 e. The van der Waals surface area contributed by atoms with E-state index in [-0.39, 0.29) is 11.7 Å². The van der Waals surface area contributed by atoms with Gasteiger partial charge >= 0.3 is 5.69 Å². The summed E-state index contributed by atoms with van der Waals surface area (Å²) in [6.45, 7) is 1.38. The van der Waals surface area contributed by atoms with Gasteiger partial charge in [-0.2, -0.15) is 0 Å². The Hall–Kier alpha value is -2.06. The molecule has 1 N–H and O–H groups in total. The number of ether oxygens (including phenoxy) is 1. The van der Waals surface area contributed by atoms with E-state index in [0.717, 1.165) is 18.5 Å². The van der Waals surface area contributed by atoms with E-state index in [4.69, 9.17) is 4.74 Å². The Morgan fingerprint density at radius 1 is 1.33 bits per heavy atom. The monoisotopic (exact) mass is 392 g/mol. The van der Waals surface area contributed by atoms with Gasteiger partial charge in [-0.1, -0.05) is 6.07 Å². The van der Waals surface area contributed by atoms with E-state index in [2.05, 4.69) is 31.2 Å². The predicted molar refractivity (Wildman–Crippen MR) is 92.7 cm³/mol. The largest absolute Gasteiger partial charge is 0.381 e. The quantitative estimate of drug-likeness (QED) is 0.473. The normalized spacial score (nSPS) is 16.5. The van der Waals surface area contributed by atoms with Crippen molar-refractivity contribution in [3.63, 3.8) is 0 Å². The Morgan fingerprint density at radius 2 is 2.12 bits per heavy atom. The number of aromatic nitrogens is 2. The van der Waals surface area contributed by atoms with Crippen LogP contribution in [-0.4, -0.2) is 28.1 Å². The second-order valence-corrected chi connectivity index (χ2v) is 6.42. The summed E-state index contributed by atoms with van der Waals surface area (Å²) in [5.41, 5.74) is 1.25. The molecule has 2 aromatic heterocycles. The number of hydrogen-bond donors (Lipinski definition) is 1. The first-order chi connectivity index (χ1) is 11.6. The van der Waals surface area contributed by atoms with Crippen molar-refractivity contribution < 1.29 is 9.66 Å². The van der Waals surface area contributed by atoms with Gasteiger partial charge in [-0.05, 0) is 46.8 Å². The SMILES string of the molecule is O=[N+]([O-])c1cnc(Br)cc1NC(c1ccccn1)C1CCOCC1. The zero-order valence-corrected chi connectivity index (χ0v) is 14.5. The van der Waals surface area contributed by atoms with Gasteiger partial charge < -0.3 is 10.1 Å². The summed E-state index contributed by atoms with van der Waals surface area (Å²) in [7, 11) is 0. The van der Waals surface area contributed by atoms with E-state index in [9.17, 15) is 10.1 Å². The molecule has 0 bridgehead atoms. The summed E-state index contributed by atoms with van der Waals surface area (Å²) in [6, 6.07) is 7.23. The number of hydrogen-bond acceptors (Lipinski definition) is 6. The third-order valence-electron chi connectivity index (χ3n) is 4.10. The van der Waals surface area contributed by atoms with Crippen molar-refractivity contribution in [3.05, 3.63) is 57.1 Å².